The third kappa shape index (κ3) is 5.12. The summed E-state index contributed by atoms with van der Waals surface area (Å²) in [6.45, 7) is 1.44. The number of aliphatic hydroxyl groups excluding tert-OH is 1. The van der Waals surface area contributed by atoms with Crippen LogP contribution < -0.4 is 5.32 Å². The quantitative estimate of drug-likeness (QED) is 0.356. The van der Waals surface area contributed by atoms with Gasteiger partial charge in [0.15, 0.2) is 0 Å². The standard InChI is InChI=1S/C24H23F4N3O4/c1-13-17(21(34)20(33)11-23(24(26,27)28)7-5-16(32)6-8-23)10-19(31(13)2)22(35)30-15-3-4-18(25)14(9-15)12-29/h3-4,9-10,16,32H,5-8,11H2,1-2H3,(H,30,35). The third-order valence-electron chi connectivity index (χ3n) is 6.62. The van der Waals surface area contributed by atoms with Crippen LogP contribution in [-0.2, 0) is 11.8 Å². The molecule has 1 aromatic heterocycles. The Hall–Kier alpha value is -3.52. The Morgan fingerprint density at radius 1 is 1.23 bits per heavy atom. The van der Waals surface area contributed by atoms with Crippen molar-refractivity contribution in [2.45, 2.75) is 51.3 Å². The predicted octanol–water partition coefficient (Wildman–Crippen LogP) is 4.22. The van der Waals surface area contributed by atoms with E-state index in [2.05, 4.69) is 5.32 Å². The average molecular weight is 493 g/mol. The molecule has 1 aliphatic rings. The Bertz CT molecular complexity index is 1220. The number of carbonyl (C=O) groups excluding carboxylic acids is 3. The number of carbonyl (C=O) groups is 3. The van der Waals surface area contributed by atoms with Crippen LogP contribution in [0, 0.1) is 29.5 Å². The van der Waals surface area contributed by atoms with E-state index in [0.29, 0.717) is 0 Å². The van der Waals surface area contributed by atoms with Crippen LogP contribution in [0.2, 0.25) is 0 Å². The number of halogens is 4. The molecule has 1 aromatic carbocycles. The van der Waals surface area contributed by atoms with E-state index in [9.17, 15) is 37.1 Å². The van der Waals surface area contributed by atoms with Gasteiger partial charge in [0, 0.05) is 30.4 Å². The highest BCUT2D eigenvalue weighted by molar-refractivity contribution is 6.44. The number of nitrogens with one attached hydrogen (secondary N) is 1. The summed E-state index contributed by atoms with van der Waals surface area (Å²) in [5.41, 5.74) is -2.63. The molecule has 1 heterocycles. The number of benzene rings is 1. The molecule has 0 aliphatic heterocycles. The second kappa shape index (κ2) is 9.62. The Morgan fingerprint density at radius 3 is 2.43 bits per heavy atom. The molecule has 7 nitrogen and oxygen atoms in total. The fourth-order valence-corrected chi connectivity index (χ4v) is 4.28. The van der Waals surface area contributed by atoms with Gasteiger partial charge in [-0.3, -0.25) is 14.4 Å². The molecule has 0 atom stereocenters. The Kier molecular flexibility index (Phi) is 7.17. The van der Waals surface area contributed by atoms with Crippen LogP contribution in [0.4, 0.5) is 23.2 Å². The Balaban J connectivity index is 1.83. The van der Waals surface area contributed by atoms with Crippen molar-refractivity contribution in [2.75, 3.05) is 5.32 Å². The summed E-state index contributed by atoms with van der Waals surface area (Å²) in [6.07, 6.45) is -7.79. The lowest BCUT2D eigenvalue weighted by Crippen LogP contribution is -2.44. The van der Waals surface area contributed by atoms with Crippen molar-refractivity contribution in [1.82, 2.24) is 4.57 Å². The molecule has 1 fully saturated rings. The SMILES string of the molecule is Cc1c(C(=O)C(=O)CC2(C(F)(F)F)CCC(O)CC2)cc(C(=O)Nc2ccc(F)c(C#N)c2)n1C. The van der Waals surface area contributed by atoms with E-state index in [1.165, 1.54) is 24.6 Å². The van der Waals surface area contributed by atoms with E-state index in [1.807, 2.05) is 0 Å². The molecule has 0 saturated heterocycles. The van der Waals surface area contributed by atoms with Gasteiger partial charge in [-0.2, -0.15) is 18.4 Å². The Morgan fingerprint density at radius 2 is 1.86 bits per heavy atom. The highest BCUT2D eigenvalue weighted by Crippen LogP contribution is 2.51. The molecule has 11 heteroatoms. The summed E-state index contributed by atoms with van der Waals surface area (Å²) in [4.78, 5) is 38.3. The van der Waals surface area contributed by atoms with Gasteiger partial charge in [0.2, 0.25) is 11.6 Å². The van der Waals surface area contributed by atoms with Crippen molar-refractivity contribution >= 4 is 23.2 Å². The number of ketones is 2. The first-order chi connectivity index (χ1) is 16.3. The van der Waals surface area contributed by atoms with E-state index in [1.54, 1.807) is 6.07 Å². The number of rotatable bonds is 6. The van der Waals surface area contributed by atoms with Crippen molar-refractivity contribution in [3.63, 3.8) is 0 Å². The van der Waals surface area contributed by atoms with Gasteiger partial charge in [-0.25, -0.2) is 4.39 Å². The van der Waals surface area contributed by atoms with Crippen LogP contribution in [0.25, 0.3) is 0 Å². The molecule has 35 heavy (non-hydrogen) atoms. The van der Waals surface area contributed by atoms with Crippen LogP contribution in [0.3, 0.4) is 0 Å². The summed E-state index contributed by atoms with van der Waals surface area (Å²) in [5, 5.41) is 21.0. The number of nitriles is 1. The minimum absolute atomic E-state index is 0.0622. The van der Waals surface area contributed by atoms with Gasteiger partial charge >= 0.3 is 6.18 Å². The number of aliphatic hydroxyl groups is 1. The van der Waals surface area contributed by atoms with Crippen LogP contribution in [-0.4, -0.2) is 39.4 Å². The average Bonchev–Trinajstić information content (AvgIpc) is 3.09. The largest absolute Gasteiger partial charge is 0.394 e. The normalized spacial score (nSPS) is 20.2. The van der Waals surface area contributed by atoms with Gasteiger partial charge < -0.3 is 15.0 Å². The molecular weight excluding hydrogens is 470 g/mol. The van der Waals surface area contributed by atoms with Crippen LogP contribution in [0.1, 0.15) is 64.2 Å². The van der Waals surface area contributed by atoms with Gasteiger partial charge in [-0.05, 0) is 56.9 Å². The number of aromatic nitrogens is 1. The lowest BCUT2D eigenvalue weighted by atomic mass is 9.69. The first-order valence-corrected chi connectivity index (χ1v) is 10.8. The molecule has 3 rings (SSSR count). The van der Waals surface area contributed by atoms with E-state index in [4.69, 9.17) is 5.26 Å². The molecule has 2 aromatic rings. The minimum Gasteiger partial charge on any atom is -0.393 e. The molecule has 1 amide bonds. The van der Waals surface area contributed by atoms with Gasteiger partial charge in [0.25, 0.3) is 5.91 Å². The summed E-state index contributed by atoms with van der Waals surface area (Å²) < 4.78 is 56.3. The highest BCUT2D eigenvalue weighted by Gasteiger charge is 2.56. The number of hydrogen-bond acceptors (Lipinski definition) is 5. The second-order valence-corrected chi connectivity index (χ2v) is 8.79. The summed E-state index contributed by atoms with van der Waals surface area (Å²) in [7, 11) is 1.44. The summed E-state index contributed by atoms with van der Waals surface area (Å²) in [5.74, 6) is -3.86. The molecule has 0 bridgehead atoms. The van der Waals surface area contributed by atoms with Gasteiger partial charge in [0.1, 0.15) is 17.6 Å². The topological polar surface area (TPSA) is 112 Å². The molecule has 2 N–H and O–H groups in total. The fraction of sp³-hybridized carbons (Fsp3) is 0.417. The minimum atomic E-state index is -4.72. The van der Waals surface area contributed by atoms with E-state index >= 15 is 0 Å². The maximum atomic E-state index is 13.8. The van der Waals surface area contributed by atoms with Crippen molar-refractivity contribution < 1.29 is 37.1 Å². The molecule has 186 valence electrons. The number of alkyl halides is 3. The molecule has 0 spiro atoms. The second-order valence-electron chi connectivity index (χ2n) is 8.79. The lowest BCUT2D eigenvalue weighted by molar-refractivity contribution is -0.239. The predicted molar refractivity (Wildman–Crippen MR) is 116 cm³/mol. The van der Waals surface area contributed by atoms with E-state index < -0.39 is 60.2 Å². The molecule has 1 saturated carbocycles. The first kappa shape index (κ1) is 26.1. The van der Waals surface area contributed by atoms with Gasteiger partial charge in [-0.1, -0.05) is 0 Å². The zero-order chi connectivity index (χ0) is 26.1. The van der Waals surface area contributed by atoms with Crippen LogP contribution in [0.15, 0.2) is 24.3 Å². The maximum Gasteiger partial charge on any atom is 0.394 e. The van der Waals surface area contributed by atoms with Crippen molar-refractivity contribution in [3.8, 4) is 6.07 Å². The number of amides is 1. The van der Waals surface area contributed by atoms with E-state index in [0.717, 1.165) is 18.2 Å². The number of hydrogen-bond donors (Lipinski definition) is 2. The Labute approximate surface area is 198 Å². The molecule has 1 aliphatic carbocycles. The van der Waals surface area contributed by atoms with Crippen molar-refractivity contribution in [2.24, 2.45) is 12.5 Å². The van der Waals surface area contributed by atoms with E-state index in [-0.39, 0.29) is 41.0 Å². The smallest absolute Gasteiger partial charge is 0.393 e. The zero-order valence-corrected chi connectivity index (χ0v) is 19.0. The zero-order valence-electron chi connectivity index (χ0n) is 19.0. The first-order valence-electron chi connectivity index (χ1n) is 10.8. The van der Waals surface area contributed by atoms with Crippen LogP contribution >= 0.6 is 0 Å². The van der Waals surface area contributed by atoms with Crippen molar-refractivity contribution in [3.05, 3.63) is 52.6 Å². The number of anilines is 1. The van der Waals surface area contributed by atoms with Crippen molar-refractivity contribution in [1.29, 1.82) is 5.26 Å². The highest BCUT2D eigenvalue weighted by atomic mass is 19.4. The summed E-state index contributed by atoms with van der Waals surface area (Å²) >= 11 is 0. The third-order valence-corrected chi connectivity index (χ3v) is 6.62. The number of nitrogens with zero attached hydrogens (tertiary/aromatic N) is 2. The van der Waals surface area contributed by atoms with Gasteiger partial charge in [-0.15, -0.1) is 0 Å². The number of Topliss-reactive ketones (excluding diaryl/α,β-unsaturated/α-hetero) is 2. The molecular formula is C24H23F4N3O4. The van der Waals surface area contributed by atoms with Gasteiger partial charge in [0.05, 0.1) is 17.1 Å². The molecule has 0 radical (unpaired) electrons. The van der Waals surface area contributed by atoms with Crippen LogP contribution in [0.5, 0.6) is 0 Å². The fourth-order valence-electron chi connectivity index (χ4n) is 4.28. The maximum absolute atomic E-state index is 13.8. The monoisotopic (exact) mass is 493 g/mol. The summed E-state index contributed by atoms with van der Waals surface area (Å²) in [6, 6.07) is 6.11. The lowest BCUT2D eigenvalue weighted by Gasteiger charge is -2.39. The molecule has 0 unspecified atom stereocenters.